The van der Waals surface area contributed by atoms with E-state index in [2.05, 4.69) is 89.6 Å². The summed E-state index contributed by atoms with van der Waals surface area (Å²) in [4.78, 5) is 9.38. The van der Waals surface area contributed by atoms with Gasteiger partial charge in [0.1, 0.15) is 5.82 Å². The molecule has 3 N–H and O–H groups in total. The van der Waals surface area contributed by atoms with E-state index in [1.54, 1.807) is 12.1 Å². The fourth-order valence-electron chi connectivity index (χ4n) is 8.52. The third-order valence-electron chi connectivity index (χ3n) is 12.2. The normalized spacial score (nSPS) is 16.5. The second-order valence-corrected chi connectivity index (χ2v) is 17.0. The van der Waals surface area contributed by atoms with Crippen LogP contribution in [0, 0.1) is 32.5 Å². The Kier molecular flexibility index (Phi) is 16.9. The van der Waals surface area contributed by atoms with Crippen LogP contribution in [0.2, 0.25) is 5.02 Å². The lowest BCUT2D eigenvalue weighted by molar-refractivity contribution is 0.00885. The van der Waals surface area contributed by atoms with Gasteiger partial charge in [0.2, 0.25) is 0 Å². The molecule has 1 aliphatic carbocycles. The zero-order valence-corrected chi connectivity index (χ0v) is 37.8. The van der Waals surface area contributed by atoms with Crippen molar-refractivity contribution >= 4 is 28.1 Å². The van der Waals surface area contributed by atoms with Crippen molar-refractivity contribution in [2.45, 2.75) is 112 Å². The predicted molar refractivity (Wildman–Crippen MR) is 248 cm³/mol. The van der Waals surface area contributed by atoms with E-state index >= 15 is 0 Å². The summed E-state index contributed by atoms with van der Waals surface area (Å²) in [6.07, 6.45) is 9.28. The maximum atomic E-state index is 12.7. The van der Waals surface area contributed by atoms with Crippen LogP contribution in [-0.2, 0) is 31.5 Å². The van der Waals surface area contributed by atoms with Gasteiger partial charge in [0.05, 0.1) is 5.60 Å². The monoisotopic (exact) mass is 822 g/mol. The Morgan fingerprint density at radius 1 is 0.898 bits per heavy atom. The Hall–Kier alpha value is -3.85. The largest absolute Gasteiger partial charge is 0.385 e. The first-order valence-electron chi connectivity index (χ1n) is 22.0. The molecule has 2 aromatic heterocycles. The lowest BCUT2D eigenvalue weighted by Gasteiger charge is -2.28. The van der Waals surface area contributed by atoms with Crippen LogP contribution in [0.25, 0.3) is 16.5 Å². The first-order valence-corrected chi connectivity index (χ1v) is 22.3. The molecule has 8 rings (SSSR count). The van der Waals surface area contributed by atoms with E-state index < -0.39 is 5.60 Å². The molecule has 0 saturated heterocycles. The van der Waals surface area contributed by atoms with E-state index in [0.29, 0.717) is 12.3 Å². The molecule has 3 aliphatic rings. The standard InChI is InChI=1S/C23H30N4.C14H18ClN.C12H15FO.C2H6/c1-17-4-7-22-20(14-17)21-16-26(11-3-10-24)12-9-23(21)27(22)13-8-19-6-5-18(2)25-15-19;1-10-4-5-12(15)8-13(10)14-9-16(3)7-6-11(14)2;1-2-12(14,9-3-4-9)10-5-7-11(13)8-6-10;1-2/h4-7,14-15H,3,8-13,16,24H2,1-2H3;4-5,8H,6-7,9H2,1-3H3;5-9,14H,2-4H2,1H3;1-2H3. The number of benzene rings is 3. The first kappa shape index (κ1) is 46.2. The quantitative estimate of drug-likeness (QED) is 0.147. The number of hydrogen-bond donors (Lipinski definition) is 2. The van der Waals surface area contributed by atoms with Crippen molar-refractivity contribution in [2.24, 2.45) is 11.7 Å². The van der Waals surface area contributed by atoms with E-state index in [-0.39, 0.29) is 5.82 Å². The zero-order valence-electron chi connectivity index (χ0n) is 37.1. The van der Waals surface area contributed by atoms with Crippen LogP contribution < -0.4 is 5.73 Å². The molecule has 0 bridgehead atoms. The summed E-state index contributed by atoms with van der Waals surface area (Å²) in [5.41, 5.74) is 19.6. The average molecular weight is 823 g/mol. The van der Waals surface area contributed by atoms with Crippen molar-refractivity contribution in [2.75, 3.05) is 39.8 Å². The molecule has 1 unspecified atom stereocenters. The van der Waals surface area contributed by atoms with Gasteiger partial charge in [-0.15, -0.1) is 0 Å². The third kappa shape index (κ3) is 11.9. The highest BCUT2D eigenvalue weighted by atomic mass is 35.5. The maximum absolute atomic E-state index is 12.7. The number of rotatable bonds is 10. The summed E-state index contributed by atoms with van der Waals surface area (Å²) in [5.74, 6) is 0.126. The zero-order chi connectivity index (χ0) is 42.7. The molecule has 0 radical (unpaired) electrons. The summed E-state index contributed by atoms with van der Waals surface area (Å²) >= 11 is 6.08. The van der Waals surface area contributed by atoms with Crippen LogP contribution in [0.15, 0.2) is 84.6 Å². The number of nitrogens with two attached hydrogens (primary N) is 1. The summed E-state index contributed by atoms with van der Waals surface area (Å²) in [6.45, 7) is 21.9. The van der Waals surface area contributed by atoms with Crippen LogP contribution in [0.4, 0.5) is 4.39 Å². The third-order valence-corrected chi connectivity index (χ3v) is 12.5. The molecular formula is C51H69ClFN5O. The molecule has 318 valence electrons. The van der Waals surface area contributed by atoms with Gasteiger partial charge >= 0.3 is 0 Å². The number of likely N-dealkylation sites (N-methyl/N-ethyl adjacent to an activating group) is 1. The number of hydrogen-bond acceptors (Lipinski definition) is 5. The topological polar surface area (TPSA) is 70.5 Å². The van der Waals surface area contributed by atoms with Crippen LogP contribution in [0.5, 0.6) is 0 Å². The fraction of sp³-hybridized carbons (Fsp3) is 0.471. The van der Waals surface area contributed by atoms with Gasteiger partial charge in [0, 0.05) is 72.7 Å². The van der Waals surface area contributed by atoms with Gasteiger partial charge < -0.3 is 20.3 Å². The lowest BCUT2D eigenvalue weighted by Crippen LogP contribution is -2.32. The molecule has 3 aromatic carbocycles. The van der Waals surface area contributed by atoms with E-state index in [0.717, 1.165) is 101 Å². The van der Waals surface area contributed by atoms with Crippen molar-refractivity contribution in [1.82, 2.24) is 19.4 Å². The van der Waals surface area contributed by atoms with Gasteiger partial charge in [-0.3, -0.25) is 9.88 Å². The number of aromatic nitrogens is 2. The second kappa shape index (κ2) is 21.6. The first-order chi connectivity index (χ1) is 28.4. The number of halogens is 2. The highest BCUT2D eigenvalue weighted by Crippen LogP contribution is 2.47. The van der Waals surface area contributed by atoms with E-state index in [4.69, 9.17) is 17.3 Å². The fourth-order valence-corrected chi connectivity index (χ4v) is 8.70. The predicted octanol–water partition coefficient (Wildman–Crippen LogP) is 11.2. The molecule has 1 saturated carbocycles. The van der Waals surface area contributed by atoms with Crippen molar-refractivity contribution in [3.05, 3.63) is 140 Å². The van der Waals surface area contributed by atoms with Crippen molar-refractivity contribution in [3.63, 3.8) is 0 Å². The summed E-state index contributed by atoms with van der Waals surface area (Å²) in [6, 6.07) is 23.6. The molecule has 5 aromatic rings. The molecule has 1 atom stereocenters. The van der Waals surface area contributed by atoms with E-state index in [9.17, 15) is 9.50 Å². The molecule has 1 fully saturated rings. The van der Waals surface area contributed by atoms with Gasteiger partial charge in [0.15, 0.2) is 0 Å². The SMILES string of the molecule is CC.CC1=C(c2cc(Cl)ccc2C)CN(C)CC1.CCC(O)(c1ccc(F)cc1)C1CC1.Cc1ccc2c(c1)c1c(n2CCc2ccc(C)nc2)CCN(CCCN)C1. The smallest absolute Gasteiger partial charge is 0.123 e. The van der Waals surface area contributed by atoms with Crippen molar-refractivity contribution < 1.29 is 9.50 Å². The summed E-state index contributed by atoms with van der Waals surface area (Å²) in [5, 5.41) is 12.7. The van der Waals surface area contributed by atoms with Gasteiger partial charge in [-0.25, -0.2) is 4.39 Å². The Morgan fingerprint density at radius 3 is 2.31 bits per heavy atom. The number of pyridine rings is 1. The number of aryl methyl sites for hydroxylation is 5. The molecule has 59 heavy (non-hydrogen) atoms. The van der Waals surface area contributed by atoms with Crippen LogP contribution in [0.1, 0.15) is 105 Å². The highest BCUT2D eigenvalue weighted by Gasteiger charge is 2.43. The van der Waals surface area contributed by atoms with E-state index in [1.807, 2.05) is 40.0 Å². The maximum Gasteiger partial charge on any atom is 0.123 e. The van der Waals surface area contributed by atoms with E-state index in [1.165, 1.54) is 67.7 Å². The van der Waals surface area contributed by atoms with Gasteiger partial charge in [-0.2, -0.15) is 0 Å². The van der Waals surface area contributed by atoms with Gasteiger partial charge in [-0.05, 0) is 168 Å². The van der Waals surface area contributed by atoms with Crippen molar-refractivity contribution in [3.8, 4) is 0 Å². The summed E-state index contributed by atoms with van der Waals surface area (Å²) in [7, 11) is 2.17. The molecule has 8 heteroatoms. The average Bonchev–Trinajstić information content (AvgIpc) is 4.07. The van der Waals surface area contributed by atoms with Gasteiger partial charge in [-0.1, -0.05) is 73.8 Å². The molecular weight excluding hydrogens is 753 g/mol. The molecule has 0 spiro atoms. The Balaban J connectivity index is 0.000000177. The number of aliphatic hydroxyl groups is 1. The Morgan fingerprint density at radius 2 is 1.64 bits per heavy atom. The minimum Gasteiger partial charge on any atom is -0.385 e. The van der Waals surface area contributed by atoms with Crippen LogP contribution >= 0.6 is 11.6 Å². The Labute approximate surface area is 359 Å². The van der Waals surface area contributed by atoms with Gasteiger partial charge in [0.25, 0.3) is 0 Å². The molecule has 2 aliphatic heterocycles. The van der Waals surface area contributed by atoms with Crippen LogP contribution in [-0.4, -0.2) is 64.2 Å². The van der Waals surface area contributed by atoms with Crippen molar-refractivity contribution in [1.29, 1.82) is 0 Å². The van der Waals surface area contributed by atoms with Crippen LogP contribution in [0.3, 0.4) is 0 Å². The summed E-state index contributed by atoms with van der Waals surface area (Å²) < 4.78 is 15.3. The minimum absolute atomic E-state index is 0.247. The molecule has 0 amide bonds. The highest BCUT2D eigenvalue weighted by molar-refractivity contribution is 6.30. The lowest BCUT2D eigenvalue weighted by atomic mass is 9.86. The Bertz CT molecular complexity index is 2140. The minimum atomic E-state index is -0.728. The molecule has 4 heterocycles. The molecule has 6 nitrogen and oxygen atoms in total. The second-order valence-electron chi connectivity index (χ2n) is 16.6. The number of nitrogens with zero attached hydrogens (tertiary/aromatic N) is 4. The number of fused-ring (bicyclic) bond motifs is 3.